The molecule has 1 saturated heterocycles. The molecule has 0 atom stereocenters. The number of ether oxygens (including phenoxy) is 2. The molecule has 0 amide bonds. The Hall–Kier alpha value is -2.32. The van der Waals surface area contributed by atoms with E-state index in [1.54, 1.807) is 24.5 Å². The van der Waals surface area contributed by atoms with E-state index in [1.807, 2.05) is 0 Å². The van der Waals surface area contributed by atoms with E-state index in [4.69, 9.17) is 9.47 Å². The van der Waals surface area contributed by atoms with E-state index in [-0.39, 0.29) is 12.6 Å². The van der Waals surface area contributed by atoms with E-state index in [0.717, 1.165) is 48.8 Å². The molecule has 2 aromatic rings. The maximum absolute atomic E-state index is 13.9. The van der Waals surface area contributed by atoms with Gasteiger partial charge in [0.05, 0.1) is 11.6 Å². The van der Waals surface area contributed by atoms with Gasteiger partial charge in [0.25, 0.3) is 0 Å². The smallest absolute Gasteiger partial charge is 0.191 e. The Kier molecular flexibility index (Phi) is 6.51. The summed E-state index contributed by atoms with van der Waals surface area (Å²) in [5, 5.41) is 10.3. The number of piperidine rings is 1. The van der Waals surface area contributed by atoms with Gasteiger partial charge in [-0.25, -0.2) is 4.39 Å². The van der Waals surface area contributed by atoms with Crippen LogP contribution in [0.5, 0.6) is 5.75 Å². The lowest BCUT2D eigenvalue weighted by molar-refractivity contribution is -0.0172. The fourth-order valence-electron chi connectivity index (χ4n) is 3.84. The molecule has 0 aliphatic carbocycles. The van der Waals surface area contributed by atoms with Gasteiger partial charge in [0.1, 0.15) is 11.6 Å². The third kappa shape index (κ3) is 5.00. The van der Waals surface area contributed by atoms with Crippen molar-refractivity contribution in [2.75, 3.05) is 38.4 Å². The minimum absolute atomic E-state index is 0.215. The SMILES string of the molecule is CN=C(NCCc1cc(F)cc2c1OCOC2)NC1CCN(c2cccs2)CC1. The van der Waals surface area contributed by atoms with Crippen molar-refractivity contribution in [3.05, 3.63) is 46.6 Å². The number of aliphatic imine (C=N–C) groups is 1. The zero-order chi connectivity index (χ0) is 20.1. The van der Waals surface area contributed by atoms with Gasteiger partial charge in [0.2, 0.25) is 0 Å². The molecular formula is C21H27FN4O2S. The number of anilines is 1. The van der Waals surface area contributed by atoms with Crippen molar-refractivity contribution in [3.8, 4) is 5.75 Å². The summed E-state index contributed by atoms with van der Waals surface area (Å²) in [4.78, 5) is 6.79. The lowest BCUT2D eigenvalue weighted by Gasteiger charge is -2.33. The maximum Gasteiger partial charge on any atom is 0.191 e. The van der Waals surface area contributed by atoms with Crippen LogP contribution < -0.4 is 20.3 Å². The molecule has 1 aromatic carbocycles. The minimum Gasteiger partial charge on any atom is -0.467 e. The van der Waals surface area contributed by atoms with Crippen molar-refractivity contribution in [2.24, 2.45) is 4.99 Å². The first kappa shape index (κ1) is 20.0. The van der Waals surface area contributed by atoms with Gasteiger partial charge < -0.3 is 25.0 Å². The van der Waals surface area contributed by atoms with Crippen LogP contribution in [-0.2, 0) is 17.8 Å². The number of rotatable bonds is 5. The zero-order valence-corrected chi connectivity index (χ0v) is 17.4. The molecule has 6 nitrogen and oxygen atoms in total. The average molecular weight is 419 g/mol. The lowest BCUT2D eigenvalue weighted by Crippen LogP contribution is -2.49. The average Bonchev–Trinajstić information content (AvgIpc) is 3.28. The van der Waals surface area contributed by atoms with Crippen molar-refractivity contribution >= 4 is 22.3 Å². The first-order valence-electron chi connectivity index (χ1n) is 10.0. The minimum atomic E-state index is -0.257. The monoisotopic (exact) mass is 418 g/mol. The molecule has 4 rings (SSSR count). The number of nitrogens with zero attached hydrogens (tertiary/aromatic N) is 2. The number of guanidine groups is 1. The van der Waals surface area contributed by atoms with Crippen LogP contribution in [-0.4, -0.2) is 45.5 Å². The quantitative estimate of drug-likeness (QED) is 0.577. The Morgan fingerprint density at radius 2 is 2.21 bits per heavy atom. The van der Waals surface area contributed by atoms with Crippen molar-refractivity contribution < 1.29 is 13.9 Å². The van der Waals surface area contributed by atoms with E-state index in [9.17, 15) is 4.39 Å². The first-order valence-corrected chi connectivity index (χ1v) is 10.9. The molecule has 156 valence electrons. The number of nitrogens with one attached hydrogen (secondary N) is 2. The number of halogens is 1. The van der Waals surface area contributed by atoms with Crippen LogP contribution in [0.25, 0.3) is 0 Å². The van der Waals surface area contributed by atoms with Crippen molar-refractivity contribution in [1.29, 1.82) is 0 Å². The predicted molar refractivity (Wildman–Crippen MR) is 114 cm³/mol. The van der Waals surface area contributed by atoms with Crippen molar-refractivity contribution in [3.63, 3.8) is 0 Å². The second kappa shape index (κ2) is 9.45. The van der Waals surface area contributed by atoms with Gasteiger partial charge in [-0.1, -0.05) is 0 Å². The van der Waals surface area contributed by atoms with Crippen LogP contribution in [0, 0.1) is 5.82 Å². The van der Waals surface area contributed by atoms with Gasteiger partial charge >= 0.3 is 0 Å². The third-order valence-corrected chi connectivity index (χ3v) is 6.24. The molecule has 0 radical (unpaired) electrons. The Balaban J connectivity index is 1.26. The van der Waals surface area contributed by atoms with Crippen molar-refractivity contribution in [1.82, 2.24) is 10.6 Å². The fraction of sp³-hybridized carbons (Fsp3) is 0.476. The normalized spacial score (nSPS) is 17.6. The summed E-state index contributed by atoms with van der Waals surface area (Å²) in [5.74, 6) is 1.28. The maximum atomic E-state index is 13.9. The van der Waals surface area contributed by atoms with Gasteiger partial charge in [-0.2, -0.15) is 0 Å². The molecule has 2 aliphatic heterocycles. The summed E-state index contributed by atoms with van der Waals surface area (Å²) in [6.07, 6.45) is 2.80. The molecule has 0 unspecified atom stereocenters. The number of hydrogen-bond donors (Lipinski definition) is 2. The fourth-order valence-corrected chi connectivity index (χ4v) is 4.63. The second-order valence-electron chi connectivity index (χ2n) is 7.27. The molecule has 1 aromatic heterocycles. The molecule has 0 spiro atoms. The Morgan fingerprint density at radius 3 is 2.97 bits per heavy atom. The van der Waals surface area contributed by atoms with Crippen LogP contribution in [0.15, 0.2) is 34.6 Å². The van der Waals surface area contributed by atoms with E-state index in [2.05, 4.69) is 38.0 Å². The second-order valence-corrected chi connectivity index (χ2v) is 8.20. The number of thiophene rings is 1. The molecule has 8 heteroatoms. The molecular weight excluding hydrogens is 391 g/mol. The van der Waals surface area contributed by atoms with Crippen LogP contribution in [0.2, 0.25) is 0 Å². The van der Waals surface area contributed by atoms with Gasteiger partial charge in [-0.3, -0.25) is 4.99 Å². The van der Waals surface area contributed by atoms with Gasteiger partial charge in [-0.15, -0.1) is 11.3 Å². The molecule has 0 saturated carbocycles. The molecule has 0 bridgehead atoms. The van der Waals surface area contributed by atoms with Gasteiger partial charge in [-0.05, 0) is 54.5 Å². The number of benzene rings is 1. The predicted octanol–water partition coefficient (Wildman–Crippen LogP) is 3.13. The first-order chi connectivity index (χ1) is 14.2. The van der Waals surface area contributed by atoms with E-state index in [0.29, 0.717) is 25.6 Å². The zero-order valence-electron chi connectivity index (χ0n) is 16.6. The Bertz CT molecular complexity index is 835. The number of fused-ring (bicyclic) bond motifs is 1. The van der Waals surface area contributed by atoms with E-state index in [1.165, 1.54) is 11.1 Å². The highest BCUT2D eigenvalue weighted by molar-refractivity contribution is 7.14. The standard InChI is InChI=1S/C21H27FN4O2S/c1-23-21(25-18-5-8-26(9-6-18)19-3-2-10-29-19)24-7-4-15-11-17(22)12-16-13-27-14-28-20(15)16/h2-3,10-12,18H,4-9,13-14H2,1H3,(H2,23,24,25). The van der Waals surface area contributed by atoms with E-state index < -0.39 is 0 Å². The summed E-state index contributed by atoms with van der Waals surface area (Å²) in [6.45, 7) is 3.34. The Morgan fingerprint density at radius 1 is 1.34 bits per heavy atom. The topological polar surface area (TPSA) is 58.1 Å². The highest BCUT2D eigenvalue weighted by Crippen LogP contribution is 2.29. The lowest BCUT2D eigenvalue weighted by atomic mass is 10.0. The van der Waals surface area contributed by atoms with Crippen LogP contribution in [0.4, 0.5) is 9.39 Å². The van der Waals surface area contributed by atoms with Crippen LogP contribution in [0.3, 0.4) is 0 Å². The Labute approximate surface area is 174 Å². The van der Waals surface area contributed by atoms with Crippen LogP contribution in [0.1, 0.15) is 24.0 Å². The highest BCUT2D eigenvalue weighted by Gasteiger charge is 2.21. The third-order valence-electron chi connectivity index (χ3n) is 5.32. The van der Waals surface area contributed by atoms with Gasteiger partial charge in [0.15, 0.2) is 12.8 Å². The highest BCUT2D eigenvalue weighted by atomic mass is 32.1. The molecule has 1 fully saturated rings. The van der Waals surface area contributed by atoms with Crippen molar-refractivity contribution in [2.45, 2.75) is 31.9 Å². The summed E-state index contributed by atoms with van der Waals surface area (Å²) >= 11 is 1.79. The largest absolute Gasteiger partial charge is 0.467 e. The number of hydrogen-bond acceptors (Lipinski definition) is 5. The summed E-state index contributed by atoms with van der Waals surface area (Å²) in [7, 11) is 1.78. The summed E-state index contributed by atoms with van der Waals surface area (Å²) in [5.41, 5.74) is 1.63. The molecule has 2 N–H and O–H groups in total. The van der Waals surface area contributed by atoms with E-state index >= 15 is 0 Å². The molecule has 3 heterocycles. The summed E-state index contributed by atoms with van der Waals surface area (Å²) in [6, 6.07) is 7.71. The van der Waals surface area contributed by atoms with Crippen LogP contribution >= 0.6 is 11.3 Å². The summed E-state index contributed by atoms with van der Waals surface area (Å²) < 4.78 is 24.7. The molecule has 2 aliphatic rings. The van der Waals surface area contributed by atoms with Gasteiger partial charge in [0, 0.05) is 38.3 Å². The molecule has 29 heavy (non-hydrogen) atoms.